The Morgan fingerprint density at radius 1 is 1.41 bits per heavy atom. The van der Waals surface area contributed by atoms with Gasteiger partial charge in [0.1, 0.15) is 5.02 Å². The van der Waals surface area contributed by atoms with Gasteiger partial charge in [-0.05, 0) is 25.0 Å². The van der Waals surface area contributed by atoms with Crippen LogP contribution in [0.25, 0.3) is 0 Å². The largest absolute Gasteiger partial charge is 0.289 e. The third-order valence-electron chi connectivity index (χ3n) is 2.32. The van der Waals surface area contributed by atoms with Gasteiger partial charge in [-0.1, -0.05) is 11.6 Å². The van der Waals surface area contributed by atoms with Gasteiger partial charge < -0.3 is 0 Å². The van der Waals surface area contributed by atoms with Gasteiger partial charge in [0.05, 0.1) is 9.82 Å². The second-order valence-corrected chi connectivity index (χ2v) is 5.89. The Morgan fingerprint density at radius 3 is 2.59 bits per heavy atom. The lowest BCUT2D eigenvalue weighted by Crippen LogP contribution is -2.25. The number of hydrogen-bond donors (Lipinski definition) is 1. The molecule has 1 N–H and O–H groups in total. The maximum atomic E-state index is 11.8. The quantitative estimate of drug-likeness (QED) is 0.669. The fourth-order valence-electron chi connectivity index (χ4n) is 1.29. The van der Waals surface area contributed by atoms with Crippen LogP contribution in [0.15, 0.2) is 23.1 Å². The molecule has 0 saturated heterocycles. The number of nitrogens with one attached hydrogen (secondary N) is 1. The van der Waals surface area contributed by atoms with Crippen LogP contribution < -0.4 is 4.72 Å². The topological polar surface area (TPSA) is 89.3 Å². The van der Waals surface area contributed by atoms with Crippen molar-refractivity contribution in [3.05, 3.63) is 33.3 Å². The van der Waals surface area contributed by atoms with Crippen LogP contribution in [-0.2, 0) is 10.0 Å². The van der Waals surface area contributed by atoms with Gasteiger partial charge in [-0.2, -0.15) is 0 Å². The monoisotopic (exact) mass is 276 g/mol. The molecule has 2 rings (SSSR count). The SMILES string of the molecule is O=[N+]([O-])c1cc(S(=O)(=O)NC2CC2)ccc1Cl. The van der Waals surface area contributed by atoms with Crippen molar-refractivity contribution < 1.29 is 13.3 Å². The van der Waals surface area contributed by atoms with Crippen molar-refractivity contribution in [3.8, 4) is 0 Å². The Balaban J connectivity index is 2.38. The highest BCUT2D eigenvalue weighted by Gasteiger charge is 2.29. The first-order chi connectivity index (χ1) is 7.90. The summed E-state index contributed by atoms with van der Waals surface area (Å²) in [5.41, 5.74) is -0.412. The molecule has 1 aromatic rings. The molecule has 0 aliphatic heterocycles. The zero-order chi connectivity index (χ0) is 12.6. The van der Waals surface area contributed by atoms with Crippen LogP contribution in [0.2, 0.25) is 5.02 Å². The van der Waals surface area contributed by atoms with Crippen LogP contribution >= 0.6 is 11.6 Å². The number of nitrogens with zero attached hydrogens (tertiary/aromatic N) is 1. The van der Waals surface area contributed by atoms with E-state index >= 15 is 0 Å². The summed E-state index contributed by atoms with van der Waals surface area (Å²) in [6.07, 6.45) is 1.60. The fourth-order valence-corrected chi connectivity index (χ4v) is 2.80. The average Bonchev–Trinajstić information content (AvgIpc) is 3.00. The Bertz CT molecular complexity index is 568. The number of halogens is 1. The molecule has 0 aromatic heterocycles. The van der Waals surface area contributed by atoms with E-state index in [-0.39, 0.29) is 16.0 Å². The van der Waals surface area contributed by atoms with Crippen LogP contribution in [0.1, 0.15) is 12.8 Å². The maximum Gasteiger partial charge on any atom is 0.289 e. The smallest absolute Gasteiger partial charge is 0.258 e. The summed E-state index contributed by atoms with van der Waals surface area (Å²) in [6, 6.07) is 3.38. The molecule has 0 spiro atoms. The van der Waals surface area contributed by atoms with Crippen molar-refractivity contribution in [1.29, 1.82) is 0 Å². The predicted molar refractivity (Wildman–Crippen MR) is 61.4 cm³/mol. The molecule has 0 unspecified atom stereocenters. The number of nitro benzene ring substituents is 1. The van der Waals surface area contributed by atoms with Crippen molar-refractivity contribution in [2.45, 2.75) is 23.8 Å². The summed E-state index contributed by atoms with van der Waals surface area (Å²) in [7, 11) is -3.68. The van der Waals surface area contributed by atoms with E-state index in [0.29, 0.717) is 0 Å². The Morgan fingerprint density at radius 2 is 2.06 bits per heavy atom. The van der Waals surface area contributed by atoms with Crippen molar-refractivity contribution in [3.63, 3.8) is 0 Å². The first kappa shape index (κ1) is 12.3. The number of rotatable bonds is 4. The second kappa shape index (κ2) is 4.25. The van der Waals surface area contributed by atoms with Gasteiger partial charge in [0.2, 0.25) is 10.0 Å². The van der Waals surface area contributed by atoms with E-state index in [4.69, 9.17) is 11.6 Å². The molecule has 92 valence electrons. The highest BCUT2D eigenvalue weighted by molar-refractivity contribution is 7.89. The van der Waals surface area contributed by atoms with Gasteiger partial charge in [-0.15, -0.1) is 0 Å². The third kappa shape index (κ3) is 2.74. The molecule has 0 bridgehead atoms. The summed E-state index contributed by atoms with van der Waals surface area (Å²) < 4.78 is 26.0. The molecule has 1 saturated carbocycles. The molecule has 0 amide bonds. The number of hydrogen-bond acceptors (Lipinski definition) is 4. The molecule has 0 radical (unpaired) electrons. The van der Waals surface area contributed by atoms with Crippen LogP contribution in [0.5, 0.6) is 0 Å². The summed E-state index contributed by atoms with van der Waals surface area (Å²) in [5, 5.41) is 10.6. The molecule has 1 fully saturated rings. The minimum atomic E-state index is -3.68. The highest BCUT2D eigenvalue weighted by atomic mass is 35.5. The first-order valence-corrected chi connectivity index (χ1v) is 6.72. The van der Waals surface area contributed by atoms with Gasteiger partial charge in [0, 0.05) is 12.1 Å². The van der Waals surface area contributed by atoms with E-state index in [0.717, 1.165) is 18.9 Å². The zero-order valence-electron chi connectivity index (χ0n) is 8.59. The summed E-state index contributed by atoms with van der Waals surface area (Å²) in [5.74, 6) is 0. The lowest BCUT2D eigenvalue weighted by Gasteiger charge is -2.05. The molecule has 17 heavy (non-hydrogen) atoms. The van der Waals surface area contributed by atoms with Crippen LogP contribution in [-0.4, -0.2) is 19.4 Å². The predicted octanol–water partition coefficient (Wildman–Crippen LogP) is 1.69. The van der Waals surface area contributed by atoms with Crippen LogP contribution in [0.3, 0.4) is 0 Å². The molecular weight excluding hydrogens is 268 g/mol. The van der Waals surface area contributed by atoms with E-state index in [2.05, 4.69) is 4.72 Å². The van der Waals surface area contributed by atoms with E-state index in [1.54, 1.807) is 0 Å². The van der Waals surface area contributed by atoms with Crippen LogP contribution in [0.4, 0.5) is 5.69 Å². The maximum absolute atomic E-state index is 11.8. The summed E-state index contributed by atoms with van der Waals surface area (Å²) >= 11 is 5.60. The second-order valence-electron chi connectivity index (χ2n) is 3.77. The molecule has 1 aromatic carbocycles. The molecule has 0 atom stereocenters. The lowest BCUT2D eigenvalue weighted by atomic mass is 10.3. The third-order valence-corrected chi connectivity index (χ3v) is 4.16. The van der Waals surface area contributed by atoms with Crippen molar-refractivity contribution in [1.82, 2.24) is 4.72 Å². The molecule has 6 nitrogen and oxygen atoms in total. The average molecular weight is 277 g/mol. The summed E-state index contributed by atoms with van der Waals surface area (Å²) in [4.78, 5) is 9.79. The number of sulfonamides is 1. The van der Waals surface area contributed by atoms with Gasteiger partial charge in [0.25, 0.3) is 5.69 Å². The van der Waals surface area contributed by atoms with Crippen molar-refractivity contribution >= 4 is 27.3 Å². The van der Waals surface area contributed by atoms with Gasteiger partial charge in [-0.3, -0.25) is 10.1 Å². The standard InChI is InChI=1S/C9H9ClN2O4S/c10-8-4-3-7(5-9(8)12(13)14)17(15,16)11-6-1-2-6/h3-6,11H,1-2H2. The molecular formula is C9H9ClN2O4S. The van der Waals surface area contributed by atoms with Crippen LogP contribution in [0, 0.1) is 10.1 Å². The van der Waals surface area contributed by atoms with E-state index < -0.39 is 20.6 Å². The van der Waals surface area contributed by atoms with Gasteiger partial charge in [0.15, 0.2) is 0 Å². The minimum absolute atomic E-state index is 0.0465. The highest BCUT2D eigenvalue weighted by Crippen LogP contribution is 2.28. The van der Waals surface area contributed by atoms with E-state index in [9.17, 15) is 18.5 Å². The Hall–Kier alpha value is -1.18. The van der Waals surface area contributed by atoms with Gasteiger partial charge >= 0.3 is 0 Å². The van der Waals surface area contributed by atoms with Gasteiger partial charge in [-0.25, -0.2) is 13.1 Å². The lowest BCUT2D eigenvalue weighted by molar-refractivity contribution is -0.384. The Labute approximate surface area is 103 Å². The van der Waals surface area contributed by atoms with Crippen molar-refractivity contribution in [2.24, 2.45) is 0 Å². The molecule has 0 heterocycles. The first-order valence-electron chi connectivity index (χ1n) is 4.86. The number of benzene rings is 1. The van der Waals surface area contributed by atoms with E-state index in [1.165, 1.54) is 12.1 Å². The van der Waals surface area contributed by atoms with Crippen molar-refractivity contribution in [2.75, 3.05) is 0 Å². The molecule has 1 aliphatic rings. The normalized spacial score (nSPS) is 15.8. The summed E-state index contributed by atoms with van der Waals surface area (Å²) in [6.45, 7) is 0. The fraction of sp³-hybridized carbons (Fsp3) is 0.333. The molecule has 8 heteroatoms. The minimum Gasteiger partial charge on any atom is -0.258 e. The Kier molecular flexibility index (Phi) is 3.07. The zero-order valence-corrected chi connectivity index (χ0v) is 10.2. The molecule has 1 aliphatic carbocycles. The van der Waals surface area contributed by atoms with E-state index in [1.807, 2.05) is 0 Å². The number of nitro groups is 1.